The number of benzene rings is 1. The van der Waals surface area contributed by atoms with Crippen molar-refractivity contribution in [2.45, 2.75) is 6.92 Å². The number of carbonyl (C=O) groups is 1. The molecule has 0 saturated heterocycles. The van der Waals surface area contributed by atoms with Crippen LogP contribution in [0.2, 0.25) is 5.02 Å². The van der Waals surface area contributed by atoms with E-state index >= 15 is 0 Å². The van der Waals surface area contributed by atoms with Crippen LogP contribution in [-0.2, 0) is 4.79 Å². The summed E-state index contributed by atoms with van der Waals surface area (Å²) >= 11 is 9.19. The van der Waals surface area contributed by atoms with Crippen molar-refractivity contribution in [3.63, 3.8) is 0 Å². The number of rotatable bonds is 4. The number of carbonyl (C=O) groups excluding carboxylic acids is 1. The second kappa shape index (κ2) is 5.98. The Kier molecular flexibility index (Phi) is 4.91. The van der Waals surface area contributed by atoms with E-state index in [1.165, 1.54) is 6.92 Å². The van der Waals surface area contributed by atoms with Gasteiger partial charge in [-0.25, -0.2) is 0 Å². The zero-order valence-electron chi connectivity index (χ0n) is 8.31. The normalized spacial score (nSPS) is 9.80. The highest BCUT2D eigenvalue weighted by Crippen LogP contribution is 2.25. The second-order valence-corrected chi connectivity index (χ2v) is 4.30. The third kappa shape index (κ3) is 4.53. The van der Waals surface area contributed by atoms with Crippen LogP contribution in [-0.4, -0.2) is 19.0 Å². The summed E-state index contributed by atoms with van der Waals surface area (Å²) in [5.41, 5.74) is 0.969. The number of hydrogen-bond donors (Lipinski definition) is 2. The molecule has 5 heteroatoms. The molecular weight excluding hydrogens is 279 g/mol. The summed E-state index contributed by atoms with van der Waals surface area (Å²) < 4.78 is 0.855. The number of halogens is 2. The largest absolute Gasteiger partial charge is 0.383 e. The van der Waals surface area contributed by atoms with Crippen LogP contribution in [0.5, 0.6) is 0 Å². The van der Waals surface area contributed by atoms with Gasteiger partial charge in [0, 0.05) is 30.2 Å². The minimum Gasteiger partial charge on any atom is -0.383 e. The molecule has 1 aromatic rings. The molecule has 0 unspecified atom stereocenters. The molecule has 0 aliphatic rings. The van der Waals surface area contributed by atoms with E-state index in [0.29, 0.717) is 18.1 Å². The SMILES string of the molecule is CC(=O)NCCNc1ccc(Cl)c(Br)c1. The van der Waals surface area contributed by atoms with Gasteiger partial charge in [0.2, 0.25) is 5.91 Å². The highest BCUT2D eigenvalue weighted by molar-refractivity contribution is 9.10. The molecule has 1 rings (SSSR count). The van der Waals surface area contributed by atoms with Crippen LogP contribution in [0.3, 0.4) is 0 Å². The lowest BCUT2D eigenvalue weighted by atomic mass is 10.3. The minimum atomic E-state index is -0.0194. The average molecular weight is 292 g/mol. The Hall–Kier alpha value is -0.740. The Bertz CT molecular complexity index is 357. The number of anilines is 1. The van der Waals surface area contributed by atoms with Gasteiger partial charge in [-0.1, -0.05) is 11.6 Å². The smallest absolute Gasteiger partial charge is 0.216 e. The first-order valence-electron chi connectivity index (χ1n) is 4.53. The average Bonchev–Trinajstić information content (AvgIpc) is 2.18. The summed E-state index contributed by atoms with van der Waals surface area (Å²) in [7, 11) is 0. The summed E-state index contributed by atoms with van der Waals surface area (Å²) in [6.45, 7) is 2.79. The maximum Gasteiger partial charge on any atom is 0.216 e. The van der Waals surface area contributed by atoms with E-state index in [-0.39, 0.29) is 5.91 Å². The molecule has 1 amide bonds. The molecule has 0 aliphatic heterocycles. The van der Waals surface area contributed by atoms with Crippen LogP contribution in [0.25, 0.3) is 0 Å². The van der Waals surface area contributed by atoms with Crippen molar-refractivity contribution < 1.29 is 4.79 Å². The third-order valence-electron chi connectivity index (χ3n) is 1.75. The van der Waals surface area contributed by atoms with Gasteiger partial charge in [0.15, 0.2) is 0 Å². The van der Waals surface area contributed by atoms with E-state index in [2.05, 4.69) is 26.6 Å². The predicted octanol–water partition coefficient (Wildman–Crippen LogP) is 2.65. The Morgan fingerprint density at radius 3 is 2.80 bits per heavy atom. The molecule has 0 spiro atoms. The lowest BCUT2D eigenvalue weighted by molar-refractivity contribution is -0.118. The third-order valence-corrected chi connectivity index (χ3v) is 2.96. The monoisotopic (exact) mass is 290 g/mol. The molecule has 0 bridgehead atoms. The van der Waals surface area contributed by atoms with E-state index in [0.717, 1.165) is 10.2 Å². The summed E-state index contributed by atoms with van der Waals surface area (Å²) in [6.07, 6.45) is 0. The molecule has 2 N–H and O–H groups in total. The second-order valence-electron chi connectivity index (χ2n) is 3.04. The van der Waals surface area contributed by atoms with E-state index in [1.807, 2.05) is 18.2 Å². The molecule has 0 saturated carbocycles. The fraction of sp³-hybridized carbons (Fsp3) is 0.300. The molecule has 0 fully saturated rings. The van der Waals surface area contributed by atoms with Gasteiger partial charge in [-0.05, 0) is 34.1 Å². The van der Waals surface area contributed by atoms with E-state index in [4.69, 9.17) is 11.6 Å². The number of amides is 1. The predicted molar refractivity (Wildman–Crippen MR) is 66.3 cm³/mol. The van der Waals surface area contributed by atoms with E-state index in [1.54, 1.807) is 0 Å². The zero-order valence-corrected chi connectivity index (χ0v) is 10.7. The fourth-order valence-corrected chi connectivity index (χ4v) is 1.55. The van der Waals surface area contributed by atoms with Crippen molar-refractivity contribution in [2.24, 2.45) is 0 Å². The fourth-order valence-electron chi connectivity index (χ4n) is 1.05. The van der Waals surface area contributed by atoms with E-state index in [9.17, 15) is 4.79 Å². The van der Waals surface area contributed by atoms with E-state index < -0.39 is 0 Å². The summed E-state index contributed by atoms with van der Waals surface area (Å²) in [4.78, 5) is 10.6. The lowest BCUT2D eigenvalue weighted by Crippen LogP contribution is -2.26. The van der Waals surface area contributed by atoms with Crippen molar-refractivity contribution in [2.75, 3.05) is 18.4 Å². The van der Waals surface area contributed by atoms with Gasteiger partial charge in [0.05, 0.1) is 5.02 Å². The molecule has 0 aromatic heterocycles. The maximum atomic E-state index is 10.6. The number of nitrogens with one attached hydrogen (secondary N) is 2. The minimum absolute atomic E-state index is 0.0194. The van der Waals surface area contributed by atoms with Crippen molar-refractivity contribution in [3.8, 4) is 0 Å². The van der Waals surface area contributed by atoms with Crippen molar-refractivity contribution in [1.29, 1.82) is 0 Å². The summed E-state index contributed by atoms with van der Waals surface area (Å²) in [5, 5.41) is 6.55. The summed E-state index contributed by atoms with van der Waals surface area (Å²) in [5.74, 6) is -0.0194. The Balaban J connectivity index is 2.38. The van der Waals surface area contributed by atoms with Crippen LogP contribution in [0.4, 0.5) is 5.69 Å². The molecule has 0 heterocycles. The van der Waals surface area contributed by atoms with Gasteiger partial charge >= 0.3 is 0 Å². The van der Waals surface area contributed by atoms with Gasteiger partial charge in [0.1, 0.15) is 0 Å². The molecule has 0 radical (unpaired) electrons. The van der Waals surface area contributed by atoms with Crippen molar-refractivity contribution >= 4 is 39.1 Å². The summed E-state index contributed by atoms with van der Waals surface area (Å²) in [6, 6.07) is 5.60. The van der Waals surface area contributed by atoms with Gasteiger partial charge in [0.25, 0.3) is 0 Å². The van der Waals surface area contributed by atoms with Crippen LogP contribution in [0, 0.1) is 0 Å². The van der Waals surface area contributed by atoms with Gasteiger partial charge in [-0.15, -0.1) is 0 Å². The van der Waals surface area contributed by atoms with Crippen LogP contribution in [0.1, 0.15) is 6.92 Å². The first-order valence-corrected chi connectivity index (χ1v) is 5.70. The molecule has 0 aliphatic carbocycles. The first kappa shape index (κ1) is 12.3. The molecule has 0 atom stereocenters. The Morgan fingerprint density at radius 1 is 1.47 bits per heavy atom. The van der Waals surface area contributed by atoms with Crippen LogP contribution in [0.15, 0.2) is 22.7 Å². The molecule has 82 valence electrons. The standard InChI is InChI=1S/C10H12BrClN2O/c1-7(15)13-4-5-14-8-2-3-10(12)9(11)6-8/h2-3,6,14H,4-5H2,1H3,(H,13,15). The van der Waals surface area contributed by atoms with Gasteiger partial charge in [-0.3, -0.25) is 4.79 Å². The highest BCUT2D eigenvalue weighted by atomic mass is 79.9. The quantitative estimate of drug-likeness (QED) is 0.837. The van der Waals surface area contributed by atoms with Crippen LogP contribution < -0.4 is 10.6 Å². The highest BCUT2D eigenvalue weighted by Gasteiger charge is 1.98. The van der Waals surface area contributed by atoms with Crippen molar-refractivity contribution in [3.05, 3.63) is 27.7 Å². The maximum absolute atomic E-state index is 10.6. The molecular formula is C10H12BrClN2O. The topological polar surface area (TPSA) is 41.1 Å². The number of hydrogen-bond acceptors (Lipinski definition) is 2. The molecule has 1 aromatic carbocycles. The molecule has 15 heavy (non-hydrogen) atoms. The van der Waals surface area contributed by atoms with Crippen molar-refractivity contribution in [1.82, 2.24) is 5.32 Å². The molecule has 3 nitrogen and oxygen atoms in total. The Morgan fingerprint density at radius 2 is 2.20 bits per heavy atom. The first-order chi connectivity index (χ1) is 7.09. The van der Waals surface area contributed by atoms with Gasteiger partial charge < -0.3 is 10.6 Å². The Labute approximate surface area is 102 Å². The van der Waals surface area contributed by atoms with Crippen LogP contribution >= 0.6 is 27.5 Å². The lowest BCUT2D eigenvalue weighted by Gasteiger charge is -2.07. The zero-order chi connectivity index (χ0) is 11.3. The van der Waals surface area contributed by atoms with Gasteiger partial charge in [-0.2, -0.15) is 0 Å².